The molecule has 2 aromatic rings. The van der Waals surface area contributed by atoms with Crippen LogP contribution < -0.4 is 5.32 Å². The quantitative estimate of drug-likeness (QED) is 0.632. The van der Waals surface area contributed by atoms with Crippen molar-refractivity contribution in [3.05, 3.63) is 63.9 Å². The fourth-order valence-corrected chi connectivity index (χ4v) is 4.74. The minimum atomic E-state index is -3.50. The molecule has 1 amide bonds. The first-order valence-corrected chi connectivity index (χ1v) is 11.3. The molecule has 8 heteroatoms. The second-order valence-corrected chi connectivity index (χ2v) is 9.17. The highest BCUT2D eigenvalue weighted by molar-refractivity contribution is 9.10. The van der Waals surface area contributed by atoms with Crippen molar-refractivity contribution in [2.75, 3.05) is 13.1 Å². The van der Waals surface area contributed by atoms with E-state index < -0.39 is 10.0 Å². The number of hydrogen-bond acceptors (Lipinski definition) is 3. The van der Waals surface area contributed by atoms with Gasteiger partial charge in [-0.15, -0.1) is 0 Å². The fraction of sp³-hybridized carbons (Fsp3) is 0.350. The summed E-state index contributed by atoms with van der Waals surface area (Å²) in [6, 6.07) is 10.7. The molecule has 0 aliphatic carbocycles. The SMILES string of the molecule is CCN(CC)S(=O)(=O)c1ccc(C(C)NC(=O)Cc2ccc(F)c(Br)c2)cc1. The lowest BCUT2D eigenvalue weighted by Crippen LogP contribution is -2.30. The van der Waals surface area contributed by atoms with Gasteiger partial charge >= 0.3 is 0 Å². The molecule has 5 nitrogen and oxygen atoms in total. The molecule has 0 saturated carbocycles. The third-order valence-electron chi connectivity index (χ3n) is 4.45. The lowest BCUT2D eigenvalue weighted by molar-refractivity contribution is -0.121. The third kappa shape index (κ3) is 5.40. The van der Waals surface area contributed by atoms with Crippen molar-refractivity contribution in [2.45, 2.75) is 38.1 Å². The summed E-state index contributed by atoms with van der Waals surface area (Å²) in [5.41, 5.74) is 1.49. The monoisotopic (exact) mass is 470 g/mol. The predicted molar refractivity (Wildman–Crippen MR) is 111 cm³/mol. The first kappa shape index (κ1) is 22.5. The summed E-state index contributed by atoms with van der Waals surface area (Å²) in [5.74, 6) is -0.580. The molecule has 152 valence electrons. The van der Waals surface area contributed by atoms with Gasteiger partial charge in [-0.3, -0.25) is 4.79 Å². The van der Waals surface area contributed by atoms with Crippen molar-refractivity contribution in [1.29, 1.82) is 0 Å². The first-order valence-electron chi connectivity index (χ1n) is 9.02. The molecule has 0 radical (unpaired) electrons. The molecule has 0 spiro atoms. The minimum absolute atomic E-state index is 0.123. The number of sulfonamides is 1. The van der Waals surface area contributed by atoms with Crippen LogP contribution >= 0.6 is 15.9 Å². The average Bonchev–Trinajstić information content (AvgIpc) is 2.65. The molecule has 0 saturated heterocycles. The number of nitrogens with zero attached hydrogens (tertiary/aromatic N) is 1. The highest BCUT2D eigenvalue weighted by atomic mass is 79.9. The highest BCUT2D eigenvalue weighted by Crippen LogP contribution is 2.20. The molecule has 1 N–H and O–H groups in total. The summed E-state index contributed by atoms with van der Waals surface area (Å²) in [6.45, 7) is 6.24. The van der Waals surface area contributed by atoms with Gasteiger partial charge in [0.05, 0.1) is 21.8 Å². The Morgan fingerprint density at radius 3 is 2.29 bits per heavy atom. The van der Waals surface area contributed by atoms with Gasteiger partial charge in [0, 0.05) is 13.1 Å². The molecular formula is C20H24BrFN2O3S. The van der Waals surface area contributed by atoms with Crippen LogP contribution in [0.1, 0.15) is 37.9 Å². The summed E-state index contributed by atoms with van der Waals surface area (Å²) in [7, 11) is -3.50. The fourth-order valence-electron chi connectivity index (χ4n) is 2.85. The Kier molecular flexibility index (Phi) is 7.74. The number of halogens is 2. The molecule has 2 rings (SSSR count). The van der Waals surface area contributed by atoms with E-state index in [0.717, 1.165) is 5.56 Å². The standard InChI is InChI=1S/C20H24BrFN2O3S/c1-4-24(5-2)28(26,27)17-9-7-16(8-10-17)14(3)23-20(25)13-15-6-11-19(22)18(21)12-15/h6-12,14H,4-5,13H2,1-3H3,(H,23,25). The van der Waals surface area contributed by atoms with Gasteiger partial charge in [0.15, 0.2) is 0 Å². The van der Waals surface area contributed by atoms with E-state index in [1.54, 1.807) is 50.2 Å². The van der Waals surface area contributed by atoms with Crippen LogP contribution in [0.15, 0.2) is 51.8 Å². The number of carbonyl (C=O) groups excluding carboxylic acids is 1. The second-order valence-electron chi connectivity index (χ2n) is 6.37. The van der Waals surface area contributed by atoms with Gasteiger partial charge in [-0.05, 0) is 58.2 Å². The average molecular weight is 471 g/mol. The van der Waals surface area contributed by atoms with Crippen molar-refractivity contribution in [3.63, 3.8) is 0 Å². The zero-order valence-electron chi connectivity index (χ0n) is 16.1. The summed E-state index contributed by atoms with van der Waals surface area (Å²) >= 11 is 3.11. The van der Waals surface area contributed by atoms with E-state index >= 15 is 0 Å². The Hall–Kier alpha value is -1.77. The van der Waals surface area contributed by atoms with Crippen molar-refractivity contribution >= 4 is 31.9 Å². The number of carbonyl (C=O) groups is 1. The van der Waals surface area contributed by atoms with Crippen LogP contribution in [0.5, 0.6) is 0 Å². The van der Waals surface area contributed by atoms with E-state index in [9.17, 15) is 17.6 Å². The number of amides is 1. The normalized spacial score (nSPS) is 12.8. The molecular weight excluding hydrogens is 447 g/mol. The van der Waals surface area contributed by atoms with Crippen molar-refractivity contribution in [2.24, 2.45) is 0 Å². The summed E-state index contributed by atoms with van der Waals surface area (Å²) in [4.78, 5) is 12.5. The van der Waals surface area contributed by atoms with Gasteiger partial charge < -0.3 is 5.32 Å². The van der Waals surface area contributed by atoms with Crippen LogP contribution in [0.3, 0.4) is 0 Å². The number of nitrogens with one attached hydrogen (secondary N) is 1. The van der Waals surface area contributed by atoms with Crippen molar-refractivity contribution < 1.29 is 17.6 Å². The molecule has 0 heterocycles. The zero-order valence-corrected chi connectivity index (χ0v) is 18.5. The maximum Gasteiger partial charge on any atom is 0.243 e. The van der Waals surface area contributed by atoms with Gasteiger partial charge in [-0.2, -0.15) is 4.31 Å². The molecule has 1 unspecified atom stereocenters. The Morgan fingerprint density at radius 2 is 1.75 bits per heavy atom. The number of benzene rings is 2. The molecule has 1 atom stereocenters. The lowest BCUT2D eigenvalue weighted by Gasteiger charge is -2.19. The van der Waals surface area contributed by atoms with E-state index in [4.69, 9.17) is 0 Å². The van der Waals surface area contributed by atoms with E-state index in [-0.39, 0.29) is 29.1 Å². The molecule has 0 aliphatic heterocycles. The van der Waals surface area contributed by atoms with Crippen molar-refractivity contribution in [1.82, 2.24) is 9.62 Å². The molecule has 28 heavy (non-hydrogen) atoms. The Balaban J connectivity index is 2.05. The summed E-state index contributed by atoms with van der Waals surface area (Å²) in [5, 5.41) is 2.87. The maximum absolute atomic E-state index is 13.3. The topological polar surface area (TPSA) is 66.5 Å². The van der Waals surface area contributed by atoms with Crippen LogP contribution in [-0.4, -0.2) is 31.7 Å². The molecule has 2 aromatic carbocycles. The first-order chi connectivity index (χ1) is 13.2. The van der Waals surface area contributed by atoms with Crippen LogP contribution in [0.2, 0.25) is 0 Å². The van der Waals surface area contributed by atoms with Crippen LogP contribution in [-0.2, 0) is 21.2 Å². The Labute approximate surface area is 174 Å². The zero-order chi connectivity index (χ0) is 20.9. The molecule has 0 aromatic heterocycles. The molecule has 0 aliphatic rings. The highest BCUT2D eigenvalue weighted by Gasteiger charge is 2.21. The van der Waals surface area contributed by atoms with Crippen LogP contribution in [0.4, 0.5) is 4.39 Å². The van der Waals surface area contributed by atoms with Gasteiger partial charge in [0.1, 0.15) is 5.82 Å². The molecule has 0 bridgehead atoms. The van der Waals surface area contributed by atoms with Crippen LogP contribution in [0, 0.1) is 5.82 Å². The van der Waals surface area contributed by atoms with E-state index in [2.05, 4.69) is 21.2 Å². The van der Waals surface area contributed by atoms with Gasteiger partial charge in [-0.1, -0.05) is 32.0 Å². The largest absolute Gasteiger partial charge is 0.349 e. The Bertz CT molecular complexity index is 929. The van der Waals surface area contributed by atoms with Crippen molar-refractivity contribution in [3.8, 4) is 0 Å². The van der Waals surface area contributed by atoms with Crippen LogP contribution in [0.25, 0.3) is 0 Å². The van der Waals surface area contributed by atoms with E-state index in [1.807, 2.05) is 6.92 Å². The smallest absolute Gasteiger partial charge is 0.243 e. The van der Waals surface area contributed by atoms with Gasteiger partial charge in [-0.25, -0.2) is 12.8 Å². The van der Waals surface area contributed by atoms with Gasteiger partial charge in [0.25, 0.3) is 0 Å². The summed E-state index contributed by atoms with van der Waals surface area (Å²) in [6.07, 6.45) is 0.123. The minimum Gasteiger partial charge on any atom is -0.349 e. The second kappa shape index (κ2) is 9.62. The maximum atomic E-state index is 13.3. The lowest BCUT2D eigenvalue weighted by atomic mass is 10.1. The molecule has 0 fully saturated rings. The Morgan fingerprint density at radius 1 is 1.14 bits per heavy atom. The number of hydrogen-bond donors (Lipinski definition) is 1. The van der Waals surface area contributed by atoms with Gasteiger partial charge in [0.2, 0.25) is 15.9 Å². The third-order valence-corrected chi connectivity index (χ3v) is 7.12. The predicted octanol–water partition coefficient (Wildman–Crippen LogP) is 4.04. The van der Waals surface area contributed by atoms with E-state index in [1.165, 1.54) is 10.4 Å². The number of rotatable bonds is 8. The van der Waals surface area contributed by atoms with E-state index in [0.29, 0.717) is 23.1 Å². The summed E-state index contributed by atoms with van der Waals surface area (Å²) < 4.78 is 40.1.